The Morgan fingerprint density at radius 2 is 2.00 bits per heavy atom. The Hall–Kier alpha value is -1.55. The van der Waals surface area contributed by atoms with Crippen LogP contribution in [0.1, 0.15) is 5.82 Å². The molecule has 2 N–H and O–H groups in total. The van der Waals surface area contributed by atoms with Crippen molar-refractivity contribution in [2.24, 2.45) is 7.05 Å². The Kier molecular flexibility index (Phi) is 2.36. The number of nitrogens with two attached hydrogens (primary N) is 1. The van der Waals surface area contributed by atoms with Gasteiger partial charge in [0.15, 0.2) is 5.82 Å². The molecule has 1 aromatic heterocycles. The smallest absolute Gasteiger partial charge is 0.163 e. The van der Waals surface area contributed by atoms with Crippen LogP contribution in [0.4, 0.5) is 5.69 Å². The second-order valence-electron chi connectivity index (χ2n) is 3.40. The second kappa shape index (κ2) is 3.55. The monoisotopic (exact) mass is 222 g/mol. The van der Waals surface area contributed by atoms with Gasteiger partial charge in [-0.1, -0.05) is 11.6 Å². The summed E-state index contributed by atoms with van der Waals surface area (Å²) in [6.07, 6.45) is 0. The van der Waals surface area contributed by atoms with Crippen LogP contribution in [0.2, 0.25) is 5.02 Å². The molecular weight excluding hydrogens is 212 g/mol. The maximum Gasteiger partial charge on any atom is 0.163 e. The Labute approximate surface area is 92.7 Å². The van der Waals surface area contributed by atoms with Gasteiger partial charge in [0.1, 0.15) is 5.82 Å². The molecule has 5 heteroatoms. The van der Waals surface area contributed by atoms with Crippen molar-refractivity contribution in [3.8, 4) is 11.4 Å². The normalized spacial score (nSPS) is 10.6. The van der Waals surface area contributed by atoms with E-state index < -0.39 is 0 Å². The molecule has 1 heterocycles. The van der Waals surface area contributed by atoms with Gasteiger partial charge in [0.25, 0.3) is 0 Å². The molecule has 2 rings (SSSR count). The lowest BCUT2D eigenvalue weighted by molar-refractivity contribution is 0.865. The maximum absolute atomic E-state index is 5.92. The van der Waals surface area contributed by atoms with E-state index in [1.54, 1.807) is 6.07 Å². The van der Waals surface area contributed by atoms with Crippen LogP contribution >= 0.6 is 11.6 Å². The number of benzene rings is 1. The molecule has 0 aliphatic carbocycles. The van der Waals surface area contributed by atoms with Crippen molar-refractivity contribution in [2.75, 3.05) is 5.73 Å². The first-order valence-corrected chi connectivity index (χ1v) is 4.88. The van der Waals surface area contributed by atoms with E-state index in [-0.39, 0.29) is 0 Å². The number of hydrogen-bond acceptors (Lipinski definition) is 3. The SMILES string of the molecule is Cc1nnc(-c2cc(N)cc(Cl)c2)n1C. The highest BCUT2D eigenvalue weighted by Crippen LogP contribution is 2.24. The van der Waals surface area contributed by atoms with Crippen molar-refractivity contribution in [2.45, 2.75) is 6.92 Å². The summed E-state index contributed by atoms with van der Waals surface area (Å²) in [5.74, 6) is 1.62. The maximum atomic E-state index is 5.92. The van der Waals surface area contributed by atoms with E-state index in [2.05, 4.69) is 10.2 Å². The van der Waals surface area contributed by atoms with Crippen molar-refractivity contribution in [1.82, 2.24) is 14.8 Å². The fourth-order valence-electron chi connectivity index (χ4n) is 1.40. The number of aryl methyl sites for hydroxylation is 1. The zero-order valence-corrected chi connectivity index (χ0v) is 9.28. The number of aromatic nitrogens is 3. The van der Waals surface area contributed by atoms with Gasteiger partial charge in [-0.3, -0.25) is 0 Å². The topological polar surface area (TPSA) is 56.7 Å². The Morgan fingerprint density at radius 3 is 2.53 bits per heavy atom. The molecule has 0 amide bonds. The van der Waals surface area contributed by atoms with Crippen molar-refractivity contribution < 1.29 is 0 Å². The predicted octanol–water partition coefficient (Wildman–Crippen LogP) is 2.03. The van der Waals surface area contributed by atoms with Crippen LogP contribution in [0.5, 0.6) is 0 Å². The number of anilines is 1. The fraction of sp³-hybridized carbons (Fsp3) is 0.200. The van der Waals surface area contributed by atoms with Gasteiger partial charge in [0, 0.05) is 23.3 Å². The number of nitrogen functional groups attached to an aromatic ring is 1. The van der Waals surface area contributed by atoms with E-state index in [1.165, 1.54) is 0 Å². The minimum absolute atomic E-state index is 0.602. The summed E-state index contributed by atoms with van der Waals surface area (Å²) < 4.78 is 1.89. The minimum atomic E-state index is 0.602. The van der Waals surface area contributed by atoms with Gasteiger partial charge in [0.05, 0.1) is 0 Å². The molecule has 0 unspecified atom stereocenters. The van der Waals surface area contributed by atoms with E-state index in [4.69, 9.17) is 17.3 Å². The van der Waals surface area contributed by atoms with Gasteiger partial charge in [0.2, 0.25) is 0 Å². The van der Waals surface area contributed by atoms with Crippen molar-refractivity contribution in [1.29, 1.82) is 0 Å². The summed E-state index contributed by atoms with van der Waals surface area (Å²) in [5.41, 5.74) is 7.21. The third-order valence-corrected chi connectivity index (χ3v) is 2.49. The molecule has 1 aromatic carbocycles. The third-order valence-electron chi connectivity index (χ3n) is 2.27. The van der Waals surface area contributed by atoms with E-state index >= 15 is 0 Å². The average Bonchev–Trinajstić information content (AvgIpc) is 2.46. The molecule has 0 atom stereocenters. The van der Waals surface area contributed by atoms with Crippen molar-refractivity contribution >= 4 is 17.3 Å². The highest BCUT2D eigenvalue weighted by Gasteiger charge is 2.08. The third kappa shape index (κ3) is 1.80. The first kappa shape index (κ1) is 9.98. The van der Waals surface area contributed by atoms with Crippen LogP contribution in [0.15, 0.2) is 18.2 Å². The van der Waals surface area contributed by atoms with Crippen LogP contribution in [0.3, 0.4) is 0 Å². The molecule has 4 nitrogen and oxygen atoms in total. The van der Waals surface area contributed by atoms with Crippen molar-refractivity contribution in [3.63, 3.8) is 0 Å². The van der Waals surface area contributed by atoms with Crippen molar-refractivity contribution in [3.05, 3.63) is 29.0 Å². The molecule has 0 spiro atoms. The zero-order chi connectivity index (χ0) is 11.0. The van der Waals surface area contributed by atoms with E-state index in [9.17, 15) is 0 Å². The quantitative estimate of drug-likeness (QED) is 0.752. The lowest BCUT2D eigenvalue weighted by Crippen LogP contribution is -1.95. The second-order valence-corrected chi connectivity index (χ2v) is 3.84. The van der Waals surface area contributed by atoms with Crippen LogP contribution in [0, 0.1) is 6.92 Å². The number of rotatable bonds is 1. The molecule has 0 aliphatic rings. The summed E-state index contributed by atoms with van der Waals surface area (Å²) in [7, 11) is 1.90. The number of halogens is 1. The van der Waals surface area contributed by atoms with Gasteiger partial charge in [-0.15, -0.1) is 10.2 Å². The Morgan fingerprint density at radius 1 is 1.27 bits per heavy atom. The molecule has 15 heavy (non-hydrogen) atoms. The molecular formula is C10H11ClN4. The molecule has 0 aliphatic heterocycles. The summed E-state index contributed by atoms with van der Waals surface area (Å²) in [6, 6.07) is 5.35. The molecule has 0 fully saturated rings. The minimum Gasteiger partial charge on any atom is -0.399 e. The summed E-state index contributed by atoms with van der Waals surface area (Å²) in [5, 5.41) is 8.65. The van der Waals surface area contributed by atoms with Crippen LogP contribution in [0.25, 0.3) is 11.4 Å². The highest BCUT2D eigenvalue weighted by molar-refractivity contribution is 6.31. The van der Waals surface area contributed by atoms with Crippen LogP contribution < -0.4 is 5.73 Å². The van der Waals surface area contributed by atoms with Gasteiger partial charge in [-0.2, -0.15) is 0 Å². The lowest BCUT2D eigenvalue weighted by Gasteiger charge is -2.03. The predicted molar refractivity (Wildman–Crippen MR) is 60.6 cm³/mol. The Balaban J connectivity index is 2.58. The summed E-state index contributed by atoms with van der Waals surface area (Å²) in [6.45, 7) is 1.89. The van der Waals surface area contributed by atoms with Crippen LogP contribution in [-0.2, 0) is 7.05 Å². The fourth-order valence-corrected chi connectivity index (χ4v) is 1.64. The van der Waals surface area contributed by atoms with Gasteiger partial charge in [-0.25, -0.2) is 0 Å². The standard InChI is InChI=1S/C10H11ClN4/c1-6-13-14-10(15(6)2)7-3-8(11)5-9(12)4-7/h3-5H,12H2,1-2H3. The molecule has 0 radical (unpaired) electrons. The van der Waals surface area contributed by atoms with E-state index in [0.717, 1.165) is 17.2 Å². The molecule has 0 saturated carbocycles. The Bertz CT molecular complexity index is 484. The molecule has 2 aromatic rings. The van der Waals surface area contributed by atoms with Crippen LogP contribution in [-0.4, -0.2) is 14.8 Å². The molecule has 0 bridgehead atoms. The largest absolute Gasteiger partial charge is 0.399 e. The zero-order valence-electron chi connectivity index (χ0n) is 8.53. The summed E-state index contributed by atoms with van der Waals surface area (Å²) in [4.78, 5) is 0. The molecule has 78 valence electrons. The first-order chi connectivity index (χ1) is 7.08. The van der Waals surface area contributed by atoms with Gasteiger partial charge in [-0.05, 0) is 25.1 Å². The van der Waals surface area contributed by atoms with Gasteiger partial charge < -0.3 is 10.3 Å². The number of hydrogen-bond donors (Lipinski definition) is 1. The van der Waals surface area contributed by atoms with E-state index in [0.29, 0.717) is 10.7 Å². The number of nitrogens with zero attached hydrogens (tertiary/aromatic N) is 3. The lowest BCUT2D eigenvalue weighted by atomic mass is 10.2. The summed E-state index contributed by atoms with van der Waals surface area (Å²) >= 11 is 5.92. The van der Waals surface area contributed by atoms with Gasteiger partial charge >= 0.3 is 0 Å². The van der Waals surface area contributed by atoms with E-state index in [1.807, 2.05) is 30.7 Å². The molecule has 0 saturated heterocycles. The first-order valence-electron chi connectivity index (χ1n) is 4.50. The average molecular weight is 223 g/mol. The highest BCUT2D eigenvalue weighted by atomic mass is 35.5.